The number of fused-ring (bicyclic) bond motifs is 4. The molecule has 1 N–H and O–H groups in total. The molecule has 6 aromatic rings. The van der Waals surface area contributed by atoms with E-state index in [2.05, 4.69) is 15.6 Å². The predicted octanol–water partition coefficient (Wildman–Crippen LogP) is 5.94. The summed E-state index contributed by atoms with van der Waals surface area (Å²) in [4.78, 5) is 65.0. The molecular weight excluding hydrogens is 746 g/mol. The largest absolute Gasteiger partial charge is 0.496 e. The third-order valence-corrected chi connectivity index (χ3v) is 10.5. The van der Waals surface area contributed by atoms with Crippen molar-refractivity contribution in [1.29, 1.82) is 0 Å². The fourth-order valence-electron chi connectivity index (χ4n) is 7.69. The highest BCUT2D eigenvalue weighted by Gasteiger charge is 2.46. The van der Waals surface area contributed by atoms with Crippen LogP contribution in [0.3, 0.4) is 0 Å². The van der Waals surface area contributed by atoms with E-state index < -0.39 is 29.7 Å². The molecule has 2 aliphatic heterocycles. The normalized spacial score (nSPS) is 15.2. The highest BCUT2D eigenvalue weighted by atomic mass is 16.5. The molecule has 296 valence electrons. The summed E-state index contributed by atoms with van der Waals surface area (Å²) < 4.78 is 31.3. The van der Waals surface area contributed by atoms with Crippen LogP contribution in [0.2, 0.25) is 0 Å². The van der Waals surface area contributed by atoms with Crippen LogP contribution in [0.4, 0.5) is 0 Å². The van der Waals surface area contributed by atoms with E-state index in [-0.39, 0.29) is 35.1 Å². The summed E-state index contributed by atoms with van der Waals surface area (Å²) in [6, 6.07) is 18.1. The zero-order valence-electron chi connectivity index (χ0n) is 32.0. The van der Waals surface area contributed by atoms with Crippen LogP contribution >= 0.6 is 0 Å². The summed E-state index contributed by atoms with van der Waals surface area (Å²) in [5.74, 6) is -0.0789. The number of piperidine rings is 1. The number of nitrogens with zero attached hydrogens (tertiary/aromatic N) is 4. The maximum absolute atomic E-state index is 13.6. The van der Waals surface area contributed by atoms with E-state index in [0.717, 1.165) is 35.4 Å². The van der Waals surface area contributed by atoms with Gasteiger partial charge in [-0.25, -0.2) is 4.68 Å². The van der Waals surface area contributed by atoms with E-state index in [4.69, 9.17) is 23.4 Å². The minimum atomic E-state index is -1.04. The minimum absolute atomic E-state index is 0.0494. The molecule has 0 bridgehead atoms. The van der Waals surface area contributed by atoms with Crippen molar-refractivity contribution >= 4 is 45.4 Å². The van der Waals surface area contributed by atoms with Gasteiger partial charge in [0.1, 0.15) is 34.8 Å². The molecule has 4 amide bonds. The zero-order chi connectivity index (χ0) is 40.5. The van der Waals surface area contributed by atoms with Gasteiger partial charge in [-0.2, -0.15) is 0 Å². The van der Waals surface area contributed by atoms with E-state index in [1.54, 1.807) is 56.8 Å². The van der Waals surface area contributed by atoms with Crippen LogP contribution in [-0.4, -0.2) is 77.5 Å². The summed E-state index contributed by atoms with van der Waals surface area (Å²) in [6.45, 7) is 0.937. The Balaban J connectivity index is 0.915. The average molecular weight is 786 g/mol. The van der Waals surface area contributed by atoms with Crippen molar-refractivity contribution in [2.45, 2.75) is 51.1 Å². The first kappa shape index (κ1) is 37.9. The van der Waals surface area contributed by atoms with Crippen LogP contribution in [0.15, 0.2) is 82.1 Å². The van der Waals surface area contributed by atoms with Crippen LogP contribution in [0, 0.1) is 0 Å². The van der Waals surface area contributed by atoms with Crippen molar-refractivity contribution in [2.24, 2.45) is 0 Å². The summed E-state index contributed by atoms with van der Waals surface area (Å²) in [7, 11) is 4.65. The fraction of sp³-hybridized carbons (Fsp3) is 0.279. The third kappa shape index (κ3) is 6.77. The van der Waals surface area contributed by atoms with Crippen molar-refractivity contribution in [3.05, 3.63) is 94.3 Å². The lowest BCUT2D eigenvalue weighted by Gasteiger charge is -2.27. The lowest BCUT2D eigenvalue weighted by molar-refractivity contribution is -0.136. The molecule has 1 saturated heterocycles. The zero-order valence-corrected chi connectivity index (χ0v) is 32.0. The third-order valence-electron chi connectivity index (χ3n) is 10.5. The van der Waals surface area contributed by atoms with E-state index in [9.17, 15) is 24.0 Å². The monoisotopic (exact) mass is 785 g/mol. The molecule has 0 spiro atoms. The molecule has 0 saturated carbocycles. The Kier molecular flexibility index (Phi) is 10.3. The van der Waals surface area contributed by atoms with Crippen molar-refractivity contribution in [3.8, 4) is 45.6 Å². The predicted molar refractivity (Wildman–Crippen MR) is 211 cm³/mol. The Hall–Kier alpha value is -7.03. The van der Waals surface area contributed by atoms with Crippen molar-refractivity contribution in [3.63, 3.8) is 0 Å². The van der Waals surface area contributed by atoms with Gasteiger partial charge in [-0.1, -0.05) is 35.9 Å². The number of carbonyl (C=O) groups excluding carboxylic acids is 4. The minimum Gasteiger partial charge on any atom is -0.496 e. The molecule has 2 aliphatic rings. The van der Waals surface area contributed by atoms with Crippen LogP contribution in [0.1, 0.15) is 59.2 Å². The molecule has 4 heterocycles. The number of rotatable bonds is 14. The summed E-state index contributed by atoms with van der Waals surface area (Å²) in [6.07, 6.45) is 5.05. The Bertz CT molecular complexity index is 2680. The van der Waals surface area contributed by atoms with Gasteiger partial charge in [0, 0.05) is 30.2 Å². The van der Waals surface area contributed by atoms with Gasteiger partial charge in [0.15, 0.2) is 11.0 Å². The number of unbranched alkanes of at least 4 members (excludes halogenated alkanes) is 3. The van der Waals surface area contributed by atoms with Gasteiger partial charge in [-0.15, -0.1) is 5.10 Å². The molecule has 1 fully saturated rings. The Labute approximate surface area is 331 Å². The lowest BCUT2D eigenvalue weighted by atomic mass is 10.0. The number of imide groups is 2. The highest BCUT2D eigenvalue weighted by Crippen LogP contribution is 2.44. The van der Waals surface area contributed by atoms with E-state index in [1.165, 1.54) is 13.2 Å². The Morgan fingerprint density at radius 2 is 1.52 bits per heavy atom. The molecule has 58 heavy (non-hydrogen) atoms. The first-order valence-corrected chi connectivity index (χ1v) is 18.9. The summed E-state index contributed by atoms with van der Waals surface area (Å²) in [5, 5.41) is 12.3. The standard InChI is InChI=1S/C43H39N5O10/c1-54-31-15-16-32(55-2)39-38(31)35(56-3)21-27-30(49)22-34(58-40(27)39)25-11-8-10-24(20-25)29-23-44-46-47(29)18-6-4-5-7-19-57-33-13-9-12-26-37(33)43(53)48(42(26)52)28-14-17-36(50)45-41(28)51/h8-13,15-16,20-23,28H,4-7,14,17-19H2,1-3H3,(H,45,50,51). The average Bonchev–Trinajstić information content (AvgIpc) is 3.81. The van der Waals surface area contributed by atoms with E-state index in [0.29, 0.717) is 69.9 Å². The number of nitrogens with one attached hydrogen (secondary N) is 1. The van der Waals surface area contributed by atoms with Gasteiger partial charge in [0.2, 0.25) is 11.8 Å². The molecule has 15 heteroatoms. The van der Waals surface area contributed by atoms with Crippen LogP contribution in [-0.2, 0) is 16.1 Å². The SMILES string of the molecule is COc1ccc(OC)c2c1c(OC)cc1c(=O)cc(-c3cccc(-c4cnnn4CCCCCCOc4cccc5c4C(=O)N(C4CCC(=O)NC4=O)C5=O)c3)oc12. The van der Waals surface area contributed by atoms with Gasteiger partial charge in [0.05, 0.1) is 67.1 Å². The molecule has 4 aromatic carbocycles. The quantitative estimate of drug-likeness (QED) is 0.0781. The molecular formula is C43H39N5O10. The Morgan fingerprint density at radius 3 is 2.29 bits per heavy atom. The second kappa shape index (κ2) is 15.8. The Morgan fingerprint density at radius 1 is 0.776 bits per heavy atom. The summed E-state index contributed by atoms with van der Waals surface area (Å²) in [5.41, 5.74) is 2.77. The van der Waals surface area contributed by atoms with Gasteiger partial charge in [-0.3, -0.25) is 34.2 Å². The van der Waals surface area contributed by atoms with Crippen molar-refractivity contribution < 1.29 is 42.5 Å². The van der Waals surface area contributed by atoms with Gasteiger partial charge in [0.25, 0.3) is 11.8 Å². The highest BCUT2D eigenvalue weighted by molar-refractivity contribution is 6.24. The van der Waals surface area contributed by atoms with Crippen molar-refractivity contribution in [2.75, 3.05) is 27.9 Å². The second-order valence-corrected chi connectivity index (χ2v) is 14.0. The molecule has 1 unspecified atom stereocenters. The molecule has 0 radical (unpaired) electrons. The van der Waals surface area contributed by atoms with Crippen LogP contribution in [0.25, 0.3) is 44.3 Å². The summed E-state index contributed by atoms with van der Waals surface area (Å²) >= 11 is 0. The number of aromatic nitrogens is 3. The van der Waals surface area contributed by atoms with Gasteiger partial charge >= 0.3 is 0 Å². The number of benzene rings is 4. The van der Waals surface area contributed by atoms with Gasteiger partial charge < -0.3 is 23.4 Å². The first-order valence-electron chi connectivity index (χ1n) is 18.9. The maximum Gasteiger partial charge on any atom is 0.266 e. The van der Waals surface area contributed by atoms with Gasteiger partial charge in [-0.05, 0) is 62.1 Å². The van der Waals surface area contributed by atoms with E-state index in [1.807, 2.05) is 28.9 Å². The number of hydrogen-bond acceptors (Lipinski definition) is 12. The molecule has 1 atom stereocenters. The lowest BCUT2D eigenvalue weighted by Crippen LogP contribution is -2.54. The molecule has 0 aliphatic carbocycles. The smallest absolute Gasteiger partial charge is 0.266 e. The number of hydrogen-bond donors (Lipinski definition) is 1. The number of ether oxygens (including phenoxy) is 4. The maximum atomic E-state index is 13.6. The van der Waals surface area contributed by atoms with Crippen molar-refractivity contribution in [1.82, 2.24) is 25.2 Å². The molecule has 15 nitrogen and oxygen atoms in total. The van der Waals surface area contributed by atoms with Crippen LogP contribution < -0.4 is 29.7 Å². The topological polar surface area (TPSA) is 181 Å². The number of aryl methyl sites for hydroxylation is 1. The van der Waals surface area contributed by atoms with Crippen LogP contribution in [0.5, 0.6) is 23.0 Å². The number of carbonyl (C=O) groups is 4. The number of methoxy groups -OCH3 is 3. The fourth-order valence-corrected chi connectivity index (χ4v) is 7.69. The second-order valence-electron chi connectivity index (χ2n) is 14.0. The number of amides is 4. The first-order chi connectivity index (χ1) is 28.2. The molecule has 8 rings (SSSR count). The van der Waals surface area contributed by atoms with E-state index >= 15 is 0 Å². The molecule has 2 aromatic heterocycles.